The molecule has 0 amide bonds. The van der Waals surface area contributed by atoms with Crippen molar-refractivity contribution in [3.05, 3.63) is 23.8 Å². The van der Waals surface area contributed by atoms with Gasteiger partial charge in [0, 0.05) is 51.4 Å². The van der Waals surface area contributed by atoms with E-state index < -0.39 is 0 Å². The number of rotatable bonds is 8. The topological polar surface area (TPSA) is 45.2 Å². The van der Waals surface area contributed by atoms with Gasteiger partial charge in [0.1, 0.15) is 11.5 Å². The summed E-state index contributed by atoms with van der Waals surface area (Å²) < 4.78 is 10.8. The maximum Gasteiger partial charge on any atom is 0.122 e. The third-order valence-corrected chi connectivity index (χ3v) is 6.19. The number of methoxy groups -OCH3 is 2. The lowest BCUT2D eigenvalue weighted by molar-refractivity contribution is 0.0426. The summed E-state index contributed by atoms with van der Waals surface area (Å²) in [5, 5.41) is 9.59. The van der Waals surface area contributed by atoms with Gasteiger partial charge in [-0.05, 0) is 42.9 Å². The summed E-state index contributed by atoms with van der Waals surface area (Å²) in [6, 6.07) is 6.50. The van der Waals surface area contributed by atoms with Gasteiger partial charge in [0.15, 0.2) is 0 Å². The zero-order chi connectivity index (χ0) is 19.1. The van der Waals surface area contributed by atoms with Gasteiger partial charge >= 0.3 is 0 Å². The summed E-state index contributed by atoms with van der Waals surface area (Å²) in [5.41, 5.74) is 1.20. The van der Waals surface area contributed by atoms with E-state index in [0.717, 1.165) is 50.0 Å². The van der Waals surface area contributed by atoms with Crippen molar-refractivity contribution < 1.29 is 14.6 Å². The van der Waals surface area contributed by atoms with Crippen molar-refractivity contribution in [2.75, 3.05) is 47.0 Å². The van der Waals surface area contributed by atoms with Gasteiger partial charge in [0.2, 0.25) is 0 Å². The monoisotopic (exact) mass is 376 g/mol. The molecule has 1 saturated heterocycles. The smallest absolute Gasteiger partial charge is 0.122 e. The molecule has 0 unspecified atom stereocenters. The van der Waals surface area contributed by atoms with Crippen LogP contribution < -0.4 is 9.47 Å². The van der Waals surface area contributed by atoms with E-state index in [2.05, 4.69) is 21.9 Å². The third kappa shape index (κ3) is 5.84. The molecule has 0 radical (unpaired) electrons. The molecule has 0 aromatic heterocycles. The van der Waals surface area contributed by atoms with Gasteiger partial charge in [-0.15, -0.1) is 0 Å². The summed E-state index contributed by atoms with van der Waals surface area (Å²) >= 11 is 0. The second-order valence-electron chi connectivity index (χ2n) is 8.12. The number of benzene rings is 1. The Kier molecular flexibility index (Phi) is 7.80. The SMILES string of the molecule is COc1cc(CN2CCN(CC3CCCCC3)C[C@H]2CCO)cc(OC)c1. The fourth-order valence-corrected chi connectivity index (χ4v) is 4.68. The fourth-order valence-electron chi connectivity index (χ4n) is 4.68. The number of hydrogen-bond acceptors (Lipinski definition) is 5. The molecule has 1 saturated carbocycles. The molecule has 1 aromatic rings. The normalized spacial score (nSPS) is 22.7. The number of aliphatic hydroxyl groups is 1. The van der Waals surface area contributed by atoms with E-state index in [-0.39, 0.29) is 6.61 Å². The van der Waals surface area contributed by atoms with Crippen molar-refractivity contribution in [2.45, 2.75) is 51.1 Å². The van der Waals surface area contributed by atoms with Crippen LogP contribution in [0.15, 0.2) is 18.2 Å². The summed E-state index contributed by atoms with van der Waals surface area (Å²) in [7, 11) is 3.38. The van der Waals surface area contributed by atoms with Crippen LogP contribution in [0.25, 0.3) is 0 Å². The van der Waals surface area contributed by atoms with E-state index in [1.165, 1.54) is 44.2 Å². The van der Waals surface area contributed by atoms with E-state index in [9.17, 15) is 5.11 Å². The van der Waals surface area contributed by atoms with Gasteiger partial charge in [0.05, 0.1) is 14.2 Å². The average molecular weight is 377 g/mol. The van der Waals surface area contributed by atoms with Crippen LogP contribution in [0, 0.1) is 5.92 Å². The predicted molar refractivity (Wildman–Crippen MR) is 108 cm³/mol. The molecule has 1 aromatic carbocycles. The van der Waals surface area contributed by atoms with Gasteiger partial charge in [-0.2, -0.15) is 0 Å². The fraction of sp³-hybridized carbons (Fsp3) is 0.727. The molecule has 5 nitrogen and oxygen atoms in total. The highest BCUT2D eigenvalue weighted by Crippen LogP contribution is 2.27. The molecular formula is C22H36N2O3. The van der Waals surface area contributed by atoms with Crippen molar-refractivity contribution in [1.82, 2.24) is 9.80 Å². The maximum absolute atomic E-state index is 9.59. The van der Waals surface area contributed by atoms with E-state index >= 15 is 0 Å². The Morgan fingerprint density at radius 3 is 2.33 bits per heavy atom. The molecule has 1 heterocycles. The van der Waals surface area contributed by atoms with Crippen LogP contribution in [0.2, 0.25) is 0 Å². The number of piperazine rings is 1. The van der Waals surface area contributed by atoms with Gasteiger partial charge in [0.25, 0.3) is 0 Å². The minimum Gasteiger partial charge on any atom is -0.497 e. The maximum atomic E-state index is 9.59. The molecule has 152 valence electrons. The zero-order valence-electron chi connectivity index (χ0n) is 17.0. The van der Waals surface area contributed by atoms with Crippen molar-refractivity contribution in [1.29, 1.82) is 0 Å². The van der Waals surface area contributed by atoms with Crippen molar-refractivity contribution in [3.8, 4) is 11.5 Å². The van der Waals surface area contributed by atoms with Crippen molar-refractivity contribution >= 4 is 0 Å². The Morgan fingerprint density at radius 2 is 1.70 bits per heavy atom. The summed E-state index contributed by atoms with van der Waals surface area (Å²) in [4.78, 5) is 5.15. The van der Waals surface area contributed by atoms with Crippen LogP contribution in [-0.2, 0) is 6.54 Å². The highest BCUT2D eigenvalue weighted by molar-refractivity contribution is 5.38. The molecule has 0 bridgehead atoms. The molecular weight excluding hydrogens is 340 g/mol. The molecule has 0 spiro atoms. The summed E-state index contributed by atoms with van der Waals surface area (Å²) in [6.45, 7) is 5.60. The van der Waals surface area contributed by atoms with Crippen molar-refractivity contribution in [3.63, 3.8) is 0 Å². The van der Waals surface area contributed by atoms with E-state index in [1.807, 2.05) is 6.07 Å². The molecule has 1 N–H and O–H groups in total. The Balaban J connectivity index is 1.61. The Bertz CT molecular complexity index is 552. The first kappa shape index (κ1) is 20.4. The van der Waals surface area contributed by atoms with Crippen LogP contribution in [0.1, 0.15) is 44.1 Å². The lowest BCUT2D eigenvalue weighted by Crippen LogP contribution is -2.53. The Morgan fingerprint density at radius 1 is 1.00 bits per heavy atom. The standard InChI is InChI=1S/C22H36N2O3/c1-26-21-12-19(13-22(14-21)27-2)16-24-10-9-23(17-20(24)8-11-25)15-18-6-4-3-5-7-18/h12-14,18,20,25H,3-11,15-17H2,1-2H3/t20-/m1/s1. The summed E-state index contributed by atoms with van der Waals surface area (Å²) in [6.07, 6.45) is 7.86. The number of hydrogen-bond donors (Lipinski definition) is 1. The molecule has 2 aliphatic rings. The van der Waals surface area contributed by atoms with E-state index in [4.69, 9.17) is 9.47 Å². The third-order valence-electron chi connectivity index (χ3n) is 6.19. The van der Waals surface area contributed by atoms with Crippen molar-refractivity contribution in [2.24, 2.45) is 5.92 Å². The van der Waals surface area contributed by atoms with E-state index in [0.29, 0.717) is 6.04 Å². The molecule has 27 heavy (non-hydrogen) atoms. The number of ether oxygens (including phenoxy) is 2. The molecule has 1 atom stereocenters. The van der Waals surface area contributed by atoms with Gasteiger partial charge < -0.3 is 19.5 Å². The number of aliphatic hydroxyl groups excluding tert-OH is 1. The first-order chi connectivity index (χ1) is 13.2. The lowest BCUT2D eigenvalue weighted by atomic mass is 9.88. The predicted octanol–water partition coefficient (Wildman–Crippen LogP) is 3.15. The second kappa shape index (κ2) is 10.3. The highest BCUT2D eigenvalue weighted by Gasteiger charge is 2.28. The lowest BCUT2D eigenvalue weighted by Gasteiger charge is -2.43. The molecule has 3 rings (SSSR count). The highest BCUT2D eigenvalue weighted by atomic mass is 16.5. The van der Waals surface area contributed by atoms with Gasteiger partial charge in [-0.3, -0.25) is 4.90 Å². The van der Waals surface area contributed by atoms with Crippen LogP contribution in [-0.4, -0.2) is 68.0 Å². The largest absolute Gasteiger partial charge is 0.497 e. The second-order valence-corrected chi connectivity index (χ2v) is 8.12. The molecule has 2 fully saturated rings. The van der Waals surface area contributed by atoms with E-state index in [1.54, 1.807) is 14.2 Å². The quantitative estimate of drug-likeness (QED) is 0.755. The first-order valence-electron chi connectivity index (χ1n) is 10.5. The van der Waals surface area contributed by atoms with Crippen LogP contribution in [0.3, 0.4) is 0 Å². The molecule has 1 aliphatic heterocycles. The molecule has 5 heteroatoms. The van der Waals surface area contributed by atoms with Gasteiger partial charge in [-0.25, -0.2) is 0 Å². The minimum atomic E-state index is 0.250. The van der Waals surface area contributed by atoms with Crippen LogP contribution in [0.5, 0.6) is 11.5 Å². The number of nitrogens with zero attached hydrogens (tertiary/aromatic N) is 2. The zero-order valence-corrected chi connectivity index (χ0v) is 17.0. The first-order valence-corrected chi connectivity index (χ1v) is 10.5. The summed E-state index contributed by atoms with van der Waals surface area (Å²) in [5.74, 6) is 2.54. The van der Waals surface area contributed by atoms with Gasteiger partial charge in [-0.1, -0.05) is 19.3 Å². The minimum absolute atomic E-state index is 0.250. The Labute approximate surface area is 164 Å². The van der Waals surface area contributed by atoms with Crippen LogP contribution >= 0.6 is 0 Å². The Hall–Kier alpha value is -1.30. The molecule has 1 aliphatic carbocycles. The van der Waals surface area contributed by atoms with Crippen LogP contribution in [0.4, 0.5) is 0 Å². The average Bonchev–Trinajstić information content (AvgIpc) is 2.70.